The number of likely N-dealkylation sites (tertiary alicyclic amines) is 1. The van der Waals surface area contributed by atoms with Gasteiger partial charge in [0.05, 0.1) is 23.5 Å². The van der Waals surface area contributed by atoms with Crippen molar-refractivity contribution in [1.29, 1.82) is 0 Å². The number of hydrogen-bond donors (Lipinski definition) is 1. The van der Waals surface area contributed by atoms with E-state index in [-0.39, 0.29) is 0 Å². The van der Waals surface area contributed by atoms with Crippen LogP contribution in [-0.4, -0.2) is 29.5 Å². The number of aromatic nitrogens is 1. The molecule has 1 N–H and O–H groups in total. The molecular formula is C14H19N3OS. The van der Waals surface area contributed by atoms with Gasteiger partial charge in [-0.25, -0.2) is 4.98 Å². The molecule has 2 aromatic heterocycles. The van der Waals surface area contributed by atoms with E-state index in [0.717, 1.165) is 24.5 Å². The summed E-state index contributed by atoms with van der Waals surface area (Å²) in [5, 5.41) is 5.58. The van der Waals surface area contributed by atoms with Crippen LogP contribution in [-0.2, 0) is 6.54 Å². The quantitative estimate of drug-likeness (QED) is 0.881. The van der Waals surface area contributed by atoms with E-state index >= 15 is 0 Å². The van der Waals surface area contributed by atoms with Crippen molar-refractivity contribution < 1.29 is 4.42 Å². The van der Waals surface area contributed by atoms with E-state index in [1.165, 1.54) is 25.9 Å². The molecule has 19 heavy (non-hydrogen) atoms. The molecule has 1 aliphatic heterocycles. The molecule has 2 aromatic rings. The van der Waals surface area contributed by atoms with Crippen LogP contribution >= 0.6 is 11.3 Å². The molecule has 0 aromatic carbocycles. The second kappa shape index (κ2) is 6.32. The van der Waals surface area contributed by atoms with Gasteiger partial charge >= 0.3 is 0 Å². The minimum absolute atomic E-state index is 0.344. The fourth-order valence-corrected chi connectivity index (χ4v) is 3.16. The van der Waals surface area contributed by atoms with Crippen molar-refractivity contribution in [2.24, 2.45) is 0 Å². The number of nitrogens with one attached hydrogen (secondary N) is 1. The van der Waals surface area contributed by atoms with E-state index in [0.29, 0.717) is 6.04 Å². The highest BCUT2D eigenvalue weighted by atomic mass is 32.1. The highest BCUT2D eigenvalue weighted by Crippen LogP contribution is 2.24. The molecule has 0 spiro atoms. The first kappa shape index (κ1) is 12.8. The fourth-order valence-electron chi connectivity index (χ4n) is 2.61. The second-order valence-corrected chi connectivity index (χ2v) is 5.60. The number of rotatable bonds is 6. The Balaban J connectivity index is 1.59. The average molecular weight is 277 g/mol. The first-order valence-electron chi connectivity index (χ1n) is 6.79. The predicted octanol–water partition coefficient (Wildman–Crippen LogP) is 2.66. The maximum Gasteiger partial charge on any atom is 0.122 e. The largest absolute Gasteiger partial charge is 0.468 e. The maximum absolute atomic E-state index is 5.60. The highest BCUT2D eigenvalue weighted by Gasteiger charge is 2.24. The lowest BCUT2D eigenvalue weighted by Gasteiger charge is -2.25. The van der Waals surface area contributed by atoms with Crippen LogP contribution in [0.1, 0.15) is 30.3 Å². The van der Waals surface area contributed by atoms with Crippen LogP contribution in [0, 0.1) is 0 Å². The van der Waals surface area contributed by atoms with Crippen molar-refractivity contribution in [2.75, 3.05) is 19.6 Å². The van der Waals surface area contributed by atoms with Gasteiger partial charge in [-0.2, -0.15) is 0 Å². The smallest absolute Gasteiger partial charge is 0.122 e. The van der Waals surface area contributed by atoms with E-state index in [9.17, 15) is 0 Å². The Kier molecular flexibility index (Phi) is 4.27. The molecule has 1 unspecified atom stereocenters. The third-order valence-corrected chi connectivity index (χ3v) is 4.22. The summed E-state index contributed by atoms with van der Waals surface area (Å²) < 4.78 is 5.60. The van der Waals surface area contributed by atoms with Crippen molar-refractivity contribution in [3.8, 4) is 0 Å². The van der Waals surface area contributed by atoms with E-state index in [1.807, 2.05) is 11.6 Å². The summed E-state index contributed by atoms with van der Waals surface area (Å²) in [7, 11) is 0. The molecule has 1 saturated heterocycles. The Bertz CT molecular complexity index is 463. The van der Waals surface area contributed by atoms with Crippen molar-refractivity contribution in [1.82, 2.24) is 15.2 Å². The molecule has 0 bridgehead atoms. The van der Waals surface area contributed by atoms with Gasteiger partial charge in [0.2, 0.25) is 0 Å². The molecule has 0 aliphatic carbocycles. The molecule has 4 nitrogen and oxygen atoms in total. The molecule has 102 valence electrons. The maximum atomic E-state index is 5.60. The van der Waals surface area contributed by atoms with Crippen molar-refractivity contribution >= 4 is 11.3 Å². The third-order valence-electron chi connectivity index (χ3n) is 3.58. The summed E-state index contributed by atoms with van der Waals surface area (Å²) >= 11 is 1.64. The van der Waals surface area contributed by atoms with Crippen LogP contribution in [0.3, 0.4) is 0 Å². The van der Waals surface area contributed by atoms with Crippen molar-refractivity contribution in [3.63, 3.8) is 0 Å². The molecule has 0 saturated carbocycles. The molecule has 1 atom stereocenters. The Morgan fingerprint density at radius 2 is 2.32 bits per heavy atom. The molecule has 3 rings (SSSR count). The Morgan fingerprint density at radius 1 is 1.42 bits per heavy atom. The normalized spacial score (nSPS) is 17.9. The van der Waals surface area contributed by atoms with Crippen LogP contribution < -0.4 is 5.32 Å². The van der Waals surface area contributed by atoms with E-state index in [4.69, 9.17) is 4.42 Å². The molecule has 1 aliphatic rings. The van der Waals surface area contributed by atoms with Crippen LogP contribution in [0.25, 0.3) is 0 Å². The lowest BCUT2D eigenvalue weighted by atomic mass is 10.2. The van der Waals surface area contributed by atoms with Crippen LogP contribution in [0.2, 0.25) is 0 Å². The van der Waals surface area contributed by atoms with Gasteiger partial charge in [0, 0.05) is 18.5 Å². The number of hydrogen-bond acceptors (Lipinski definition) is 5. The van der Waals surface area contributed by atoms with Gasteiger partial charge in [0.15, 0.2) is 0 Å². The summed E-state index contributed by atoms with van der Waals surface area (Å²) in [5.74, 6) is 1.06. The Labute approximate surface area is 117 Å². The Morgan fingerprint density at radius 3 is 3.00 bits per heavy atom. The zero-order valence-corrected chi connectivity index (χ0v) is 11.7. The SMILES string of the molecule is c1coc(C(CNCc2cscn2)N2CCCC2)c1. The highest BCUT2D eigenvalue weighted by molar-refractivity contribution is 7.07. The standard InChI is InChI=1S/C14H19N3OS/c1-2-6-17(5-1)13(14-4-3-7-18-14)9-15-8-12-10-19-11-16-12/h3-4,7,10-11,13,15H,1-2,5-6,8-9H2. The summed E-state index contributed by atoms with van der Waals surface area (Å²) in [6.07, 6.45) is 4.35. The summed E-state index contributed by atoms with van der Waals surface area (Å²) in [6, 6.07) is 4.39. The number of nitrogens with zero attached hydrogens (tertiary/aromatic N) is 2. The molecule has 3 heterocycles. The van der Waals surface area contributed by atoms with Gasteiger partial charge in [0.1, 0.15) is 5.76 Å². The third kappa shape index (κ3) is 3.23. The van der Waals surface area contributed by atoms with E-state index < -0.39 is 0 Å². The molecule has 1 fully saturated rings. The van der Waals surface area contributed by atoms with E-state index in [2.05, 4.69) is 26.6 Å². The minimum atomic E-state index is 0.344. The van der Waals surface area contributed by atoms with Crippen molar-refractivity contribution in [2.45, 2.75) is 25.4 Å². The lowest BCUT2D eigenvalue weighted by molar-refractivity contribution is 0.209. The summed E-state index contributed by atoms with van der Waals surface area (Å²) in [4.78, 5) is 6.80. The average Bonchev–Trinajstić information content (AvgIpc) is 3.15. The van der Waals surface area contributed by atoms with Crippen LogP contribution in [0.4, 0.5) is 0 Å². The summed E-state index contributed by atoms with van der Waals surface area (Å²) in [6.45, 7) is 4.08. The van der Waals surface area contributed by atoms with Gasteiger partial charge in [-0.3, -0.25) is 4.90 Å². The second-order valence-electron chi connectivity index (χ2n) is 4.88. The Hall–Kier alpha value is -1.17. The van der Waals surface area contributed by atoms with E-state index in [1.54, 1.807) is 17.6 Å². The molecule has 5 heteroatoms. The number of thiazole rings is 1. The van der Waals surface area contributed by atoms with Gasteiger partial charge in [-0.05, 0) is 38.1 Å². The predicted molar refractivity (Wildman–Crippen MR) is 76.1 cm³/mol. The fraction of sp³-hybridized carbons (Fsp3) is 0.500. The first-order chi connectivity index (χ1) is 9.43. The molecule has 0 amide bonds. The topological polar surface area (TPSA) is 41.3 Å². The molecular weight excluding hydrogens is 258 g/mol. The first-order valence-corrected chi connectivity index (χ1v) is 7.73. The monoisotopic (exact) mass is 277 g/mol. The summed E-state index contributed by atoms with van der Waals surface area (Å²) in [5.41, 5.74) is 2.99. The zero-order chi connectivity index (χ0) is 12.9. The van der Waals surface area contributed by atoms with Crippen LogP contribution in [0.5, 0.6) is 0 Å². The van der Waals surface area contributed by atoms with Crippen LogP contribution in [0.15, 0.2) is 33.7 Å². The van der Waals surface area contributed by atoms with Crippen molar-refractivity contribution in [3.05, 3.63) is 40.7 Å². The zero-order valence-electron chi connectivity index (χ0n) is 10.9. The van der Waals surface area contributed by atoms with Gasteiger partial charge in [-0.15, -0.1) is 11.3 Å². The lowest BCUT2D eigenvalue weighted by Crippen LogP contribution is -2.33. The van der Waals surface area contributed by atoms with Gasteiger partial charge in [-0.1, -0.05) is 0 Å². The van der Waals surface area contributed by atoms with Gasteiger partial charge < -0.3 is 9.73 Å². The molecule has 0 radical (unpaired) electrons. The van der Waals surface area contributed by atoms with Gasteiger partial charge in [0.25, 0.3) is 0 Å². The minimum Gasteiger partial charge on any atom is -0.468 e. The number of furan rings is 1.